The summed E-state index contributed by atoms with van der Waals surface area (Å²) in [6, 6.07) is 22.8. The zero-order valence-electron chi connectivity index (χ0n) is 17.2. The quantitative estimate of drug-likeness (QED) is 0.516. The van der Waals surface area contributed by atoms with Crippen LogP contribution in [-0.4, -0.2) is 25.9 Å². The fourth-order valence-corrected chi connectivity index (χ4v) is 3.21. The summed E-state index contributed by atoms with van der Waals surface area (Å²) in [5, 5.41) is 2.94. The molecular formula is C25H25NO4. The number of carbonyl (C=O) groups is 2. The number of rotatable bonds is 9. The Bertz CT molecular complexity index is 1010. The molecule has 0 aliphatic heterocycles. The zero-order chi connectivity index (χ0) is 21.3. The summed E-state index contributed by atoms with van der Waals surface area (Å²) in [7, 11) is 3.06. The van der Waals surface area contributed by atoms with E-state index in [4.69, 9.17) is 9.47 Å². The average molecular weight is 403 g/mol. The smallest absolute Gasteiger partial charge is 0.224 e. The van der Waals surface area contributed by atoms with Crippen LogP contribution in [0.15, 0.2) is 72.8 Å². The van der Waals surface area contributed by atoms with Crippen LogP contribution in [0.4, 0.5) is 5.69 Å². The third-order valence-electron chi connectivity index (χ3n) is 4.81. The van der Waals surface area contributed by atoms with Gasteiger partial charge in [-0.25, -0.2) is 0 Å². The van der Waals surface area contributed by atoms with Gasteiger partial charge in [-0.3, -0.25) is 9.59 Å². The highest BCUT2D eigenvalue weighted by Gasteiger charge is 2.14. The van der Waals surface area contributed by atoms with Crippen LogP contribution in [0.2, 0.25) is 0 Å². The van der Waals surface area contributed by atoms with Gasteiger partial charge in [0.05, 0.1) is 14.2 Å². The van der Waals surface area contributed by atoms with Gasteiger partial charge in [0.25, 0.3) is 0 Å². The van der Waals surface area contributed by atoms with Crippen molar-refractivity contribution in [2.75, 3.05) is 19.5 Å². The number of ketones is 1. The number of ether oxygens (including phenoxy) is 2. The second-order valence-corrected chi connectivity index (χ2v) is 6.86. The maximum atomic E-state index is 12.5. The summed E-state index contributed by atoms with van der Waals surface area (Å²) in [5.41, 5.74) is 3.46. The summed E-state index contributed by atoms with van der Waals surface area (Å²) in [6.45, 7) is 0. The van der Waals surface area contributed by atoms with Gasteiger partial charge in [-0.15, -0.1) is 0 Å². The van der Waals surface area contributed by atoms with Gasteiger partial charge in [0, 0.05) is 24.1 Å². The average Bonchev–Trinajstić information content (AvgIpc) is 2.79. The molecule has 3 rings (SSSR count). The number of carbonyl (C=O) groups excluding carboxylic acids is 2. The molecule has 0 aliphatic rings. The van der Waals surface area contributed by atoms with Crippen LogP contribution in [0.1, 0.15) is 34.3 Å². The molecule has 30 heavy (non-hydrogen) atoms. The van der Waals surface area contributed by atoms with Crippen LogP contribution in [0.5, 0.6) is 11.5 Å². The number of methoxy groups -OCH3 is 2. The normalized spacial score (nSPS) is 10.3. The highest BCUT2D eigenvalue weighted by Crippen LogP contribution is 2.28. The van der Waals surface area contributed by atoms with Crippen LogP contribution in [0, 0.1) is 0 Å². The summed E-state index contributed by atoms with van der Waals surface area (Å²) >= 11 is 0. The number of hydrogen-bond acceptors (Lipinski definition) is 4. The van der Waals surface area contributed by atoms with Crippen LogP contribution in [-0.2, 0) is 11.2 Å². The fraction of sp³-hybridized carbons (Fsp3) is 0.200. The van der Waals surface area contributed by atoms with E-state index in [1.807, 2.05) is 42.5 Å². The molecule has 1 amide bonds. The van der Waals surface area contributed by atoms with Gasteiger partial charge in [-0.05, 0) is 41.8 Å². The molecule has 0 atom stereocenters. The Morgan fingerprint density at radius 2 is 1.50 bits per heavy atom. The number of benzene rings is 3. The molecule has 0 bridgehead atoms. The van der Waals surface area contributed by atoms with Gasteiger partial charge >= 0.3 is 0 Å². The number of nitrogens with one attached hydrogen (secondary N) is 1. The Kier molecular flexibility index (Phi) is 7.22. The molecule has 154 valence electrons. The Balaban J connectivity index is 1.61. The van der Waals surface area contributed by atoms with Crippen LogP contribution >= 0.6 is 0 Å². The summed E-state index contributed by atoms with van der Waals surface area (Å²) < 4.78 is 10.4. The van der Waals surface area contributed by atoms with Crippen molar-refractivity contribution >= 4 is 17.4 Å². The van der Waals surface area contributed by atoms with Gasteiger partial charge in [0.2, 0.25) is 5.91 Å². The predicted octanol–water partition coefficient (Wildman–Crippen LogP) is 4.90. The third-order valence-corrected chi connectivity index (χ3v) is 4.81. The Labute approximate surface area is 176 Å². The van der Waals surface area contributed by atoms with Gasteiger partial charge in [0.15, 0.2) is 17.3 Å². The maximum absolute atomic E-state index is 12.5. The molecule has 0 fully saturated rings. The minimum Gasteiger partial charge on any atom is -0.493 e. The molecule has 0 heterocycles. The zero-order valence-corrected chi connectivity index (χ0v) is 17.2. The molecule has 0 saturated heterocycles. The Morgan fingerprint density at radius 3 is 2.23 bits per heavy atom. The molecule has 3 aromatic rings. The number of anilines is 1. The number of amides is 1. The van der Waals surface area contributed by atoms with Crippen molar-refractivity contribution in [3.8, 4) is 11.5 Å². The second-order valence-electron chi connectivity index (χ2n) is 6.86. The van der Waals surface area contributed by atoms with Crippen LogP contribution in [0.25, 0.3) is 0 Å². The van der Waals surface area contributed by atoms with Crippen molar-refractivity contribution in [2.45, 2.75) is 19.3 Å². The first-order chi connectivity index (χ1) is 14.6. The Hall–Kier alpha value is -3.60. The first kappa shape index (κ1) is 21.1. The molecule has 0 unspecified atom stereocenters. The highest BCUT2D eigenvalue weighted by molar-refractivity contribution is 6.00. The van der Waals surface area contributed by atoms with Crippen LogP contribution < -0.4 is 14.8 Å². The number of para-hydroxylation sites is 1. The maximum Gasteiger partial charge on any atom is 0.224 e. The van der Waals surface area contributed by atoms with E-state index in [1.165, 1.54) is 12.7 Å². The van der Waals surface area contributed by atoms with E-state index in [0.717, 1.165) is 17.7 Å². The molecule has 0 spiro atoms. The van der Waals surface area contributed by atoms with Crippen molar-refractivity contribution in [3.05, 3.63) is 89.5 Å². The molecule has 5 nitrogen and oxygen atoms in total. The van der Waals surface area contributed by atoms with E-state index in [9.17, 15) is 9.59 Å². The van der Waals surface area contributed by atoms with E-state index < -0.39 is 0 Å². The van der Waals surface area contributed by atoms with Gasteiger partial charge in [0.1, 0.15) is 0 Å². The molecule has 0 radical (unpaired) electrons. The topological polar surface area (TPSA) is 64.6 Å². The molecule has 0 saturated carbocycles. The number of Topliss-reactive ketones (excluding diaryl/α,β-unsaturated/α-hetero) is 1. The highest BCUT2D eigenvalue weighted by atomic mass is 16.5. The van der Waals surface area contributed by atoms with Crippen molar-refractivity contribution in [1.82, 2.24) is 0 Å². The lowest BCUT2D eigenvalue weighted by molar-refractivity contribution is -0.116. The minimum absolute atomic E-state index is 0.104. The number of hydrogen-bond donors (Lipinski definition) is 1. The van der Waals surface area contributed by atoms with Gasteiger partial charge in [-0.1, -0.05) is 48.5 Å². The van der Waals surface area contributed by atoms with Gasteiger partial charge < -0.3 is 14.8 Å². The lowest BCUT2D eigenvalue weighted by Crippen LogP contribution is -2.15. The standard InChI is InChI=1S/C25H25NO4/c1-29-23-14-12-20(17-24(23)30-2)22(27)13-15-25(28)26-21-11-7-6-10-19(21)16-18-8-4-3-5-9-18/h3-12,14,17H,13,15-16H2,1-2H3,(H,26,28). The van der Waals surface area contributed by atoms with E-state index >= 15 is 0 Å². The minimum atomic E-state index is -0.190. The molecule has 0 aliphatic carbocycles. The van der Waals surface area contributed by atoms with Gasteiger partial charge in [-0.2, -0.15) is 0 Å². The monoisotopic (exact) mass is 403 g/mol. The molecular weight excluding hydrogens is 378 g/mol. The lowest BCUT2D eigenvalue weighted by atomic mass is 10.0. The van der Waals surface area contributed by atoms with E-state index in [0.29, 0.717) is 17.1 Å². The second kappa shape index (κ2) is 10.3. The predicted molar refractivity (Wildman–Crippen MR) is 117 cm³/mol. The third kappa shape index (κ3) is 5.47. The van der Waals surface area contributed by atoms with Crippen molar-refractivity contribution < 1.29 is 19.1 Å². The van der Waals surface area contributed by atoms with E-state index in [-0.39, 0.29) is 24.5 Å². The fourth-order valence-electron chi connectivity index (χ4n) is 3.21. The van der Waals surface area contributed by atoms with Crippen molar-refractivity contribution in [1.29, 1.82) is 0 Å². The molecule has 3 aromatic carbocycles. The first-order valence-electron chi connectivity index (χ1n) is 9.77. The lowest BCUT2D eigenvalue weighted by Gasteiger charge is -2.12. The summed E-state index contributed by atoms with van der Waals surface area (Å²) in [5.74, 6) is 0.734. The summed E-state index contributed by atoms with van der Waals surface area (Å²) in [6.07, 6.45) is 0.941. The molecule has 1 N–H and O–H groups in total. The molecule has 0 aromatic heterocycles. The van der Waals surface area contributed by atoms with Crippen molar-refractivity contribution in [2.24, 2.45) is 0 Å². The largest absolute Gasteiger partial charge is 0.493 e. The summed E-state index contributed by atoms with van der Waals surface area (Å²) in [4.78, 5) is 25.0. The SMILES string of the molecule is COc1ccc(C(=O)CCC(=O)Nc2ccccc2Cc2ccccc2)cc1OC. The Morgan fingerprint density at radius 1 is 0.800 bits per heavy atom. The first-order valence-corrected chi connectivity index (χ1v) is 9.77. The van der Waals surface area contributed by atoms with E-state index in [1.54, 1.807) is 25.3 Å². The van der Waals surface area contributed by atoms with Crippen LogP contribution in [0.3, 0.4) is 0 Å². The molecule has 5 heteroatoms. The van der Waals surface area contributed by atoms with E-state index in [2.05, 4.69) is 17.4 Å². The van der Waals surface area contributed by atoms with Crippen molar-refractivity contribution in [3.63, 3.8) is 0 Å².